The zero-order valence-electron chi connectivity index (χ0n) is 38.3. The molecule has 66 heavy (non-hydrogen) atoms. The molecule has 2 fully saturated rings. The molecule has 7 atom stereocenters. The van der Waals surface area contributed by atoms with Gasteiger partial charge in [-0.05, 0) is 101 Å². The Labute approximate surface area is 398 Å². The Morgan fingerprint density at radius 3 is 1.71 bits per heavy atom. The van der Waals surface area contributed by atoms with Crippen LogP contribution in [0.1, 0.15) is 68.4 Å². The van der Waals surface area contributed by atoms with Crippen molar-refractivity contribution in [2.45, 2.75) is 85.6 Å². The Morgan fingerprint density at radius 2 is 1.18 bits per heavy atom. The molecule has 344 valence electrons. The molecule has 2 aliphatic rings. The number of thioether (sulfide) groups is 2. The van der Waals surface area contributed by atoms with Gasteiger partial charge in [0.1, 0.15) is 17.3 Å². The van der Waals surface area contributed by atoms with Crippen molar-refractivity contribution < 1.29 is 38.3 Å². The van der Waals surface area contributed by atoms with E-state index in [9.17, 15) is 5.11 Å². The van der Waals surface area contributed by atoms with Crippen LogP contribution in [0.3, 0.4) is 0 Å². The smallest absolute Gasteiger partial charge is 0.314 e. The van der Waals surface area contributed by atoms with E-state index in [1.54, 1.807) is 55.9 Å². The van der Waals surface area contributed by atoms with E-state index in [1.807, 2.05) is 115 Å². The summed E-state index contributed by atoms with van der Waals surface area (Å²) in [7, 11) is 3.23. The summed E-state index contributed by atoms with van der Waals surface area (Å²) in [6, 6.07) is 51.7. The lowest BCUT2D eigenvalue weighted by atomic mass is 9.75. The maximum atomic E-state index is 15.1. The van der Waals surface area contributed by atoms with Gasteiger partial charge in [-0.15, -0.1) is 23.5 Å². The van der Waals surface area contributed by atoms with Gasteiger partial charge in [-0.25, -0.2) is 0 Å². The van der Waals surface area contributed by atoms with Crippen LogP contribution in [-0.2, 0) is 31.6 Å². The Bertz CT molecular complexity index is 2430. The van der Waals surface area contributed by atoms with Gasteiger partial charge in [0.05, 0.1) is 38.3 Å². The third-order valence-corrected chi connectivity index (χ3v) is 16.0. The molecule has 0 bridgehead atoms. The Hall–Kier alpha value is -5.39. The van der Waals surface area contributed by atoms with Crippen molar-refractivity contribution in [1.29, 1.82) is 0 Å². The van der Waals surface area contributed by atoms with Crippen molar-refractivity contribution in [3.63, 3.8) is 0 Å². The Balaban J connectivity index is 1.32. The molecule has 0 amide bonds. The number of carbonyl (C=O) groups is 1. The van der Waals surface area contributed by atoms with Crippen LogP contribution in [0.15, 0.2) is 168 Å². The molecule has 0 radical (unpaired) electrons. The number of carbonyl (C=O) groups excluding carboxylic acids is 1. The van der Waals surface area contributed by atoms with Crippen LogP contribution < -0.4 is 18.9 Å². The number of cyclic esters (lactones) is 1. The normalized spacial score (nSPS) is 21.2. The Morgan fingerprint density at radius 1 is 0.667 bits per heavy atom. The second-order valence-corrected chi connectivity index (χ2v) is 20.5. The summed E-state index contributed by atoms with van der Waals surface area (Å²) < 4.78 is 37.5. The summed E-state index contributed by atoms with van der Waals surface area (Å²) in [4.78, 5) is 17.0. The van der Waals surface area contributed by atoms with Gasteiger partial charge >= 0.3 is 5.97 Å². The van der Waals surface area contributed by atoms with Crippen molar-refractivity contribution in [3.8, 4) is 23.0 Å². The van der Waals surface area contributed by atoms with E-state index >= 15 is 4.79 Å². The molecule has 8 nitrogen and oxygen atoms in total. The zero-order chi connectivity index (χ0) is 46.0. The number of hydrogen-bond donors (Lipinski definition) is 1. The second-order valence-electron chi connectivity index (χ2n) is 17.6. The van der Waals surface area contributed by atoms with Gasteiger partial charge in [-0.1, -0.05) is 136 Å². The molecule has 10 heteroatoms. The third-order valence-electron chi connectivity index (χ3n) is 12.8. The van der Waals surface area contributed by atoms with E-state index in [0.717, 1.165) is 45.7 Å². The van der Waals surface area contributed by atoms with Gasteiger partial charge in [-0.2, -0.15) is 0 Å². The Kier molecular flexibility index (Phi) is 15.7. The highest BCUT2D eigenvalue weighted by Crippen LogP contribution is 2.64. The molecule has 0 aromatic heterocycles. The van der Waals surface area contributed by atoms with E-state index in [0.29, 0.717) is 47.0 Å². The fourth-order valence-corrected chi connectivity index (χ4v) is 12.7. The maximum absolute atomic E-state index is 15.1. The molecule has 6 aromatic carbocycles. The molecular weight excluding hydrogens is 865 g/mol. The van der Waals surface area contributed by atoms with Crippen LogP contribution in [0.5, 0.6) is 23.0 Å². The quantitative estimate of drug-likeness (QED) is 0.0481. The van der Waals surface area contributed by atoms with Crippen LogP contribution in [-0.4, -0.2) is 37.7 Å². The molecule has 0 unspecified atom stereocenters. The molecular formula is C56H60O8S2. The molecule has 6 aromatic rings. The molecule has 8 rings (SSSR count). The topological polar surface area (TPSA) is 92.7 Å². The van der Waals surface area contributed by atoms with Gasteiger partial charge in [0, 0.05) is 9.79 Å². The molecule has 1 saturated carbocycles. The monoisotopic (exact) mass is 924 g/mol. The maximum Gasteiger partial charge on any atom is 0.314 e. The highest BCUT2D eigenvalue weighted by molar-refractivity contribution is 8.17. The predicted molar refractivity (Wildman–Crippen MR) is 262 cm³/mol. The zero-order valence-corrected chi connectivity index (χ0v) is 39.9. The molecule has 1 N–H and O–H groups in total. The first-order chi connectivity index (χ1) is 32.1. The summed E-state index contributed by atoms with van der Waals surface area (Å²) in [6.45, 7) is 7.37. The lowest BCUT2D eigenvalue weighted by Gasteiger charge is -2.44. The minimum absolute atomic E-state index is 0.175. The highest BCUT2D eigenvalue weighted by Gasteiger charge is 2.61. The van der Waals surface area contributed by atoms with Crippen LogP contribution >= 0.6 is 23.5 Å². The van der Waals surface area contributed by atoms with Crippen molar-refractivity contribution in [3.05, 3.63) is 180 Å². The fourth-order valence-electron chi connectivity index (χ4n) is 9.35. The number of rotatable bonds is 19. The van der Waals surface area contributed by atoms with Crippen LogP contribution in [0, 0.1) is 29.6 Å². The third kappa shape index (κ3) is 10.9. The second kappa shape index (κ2) is 21.9. The number of aliphatic hydroxyl groups excluding tert-OH is 1. The molecule has 0 spiro atoms. The molecule has 1 aliphatic heterocycles. The largest absolute Gasteiger partial charge is 0.493 e. The average molecular weight is 925 g/mol. The van der Waals surface area contributed by atoms with E-state index in [-0.39, 0.29) is 18.6 Å². The van der Waals surface area contributed by atoms with Crippen LogP contribution in [0.4, 0.5) is 0 Å². The summed E-state index contributed by atoms with van der Waals surface area (Å²) in [6.07, 6.45) is 0.407. The number of esters is 1. The lowest BCUT2D eigenvalue weighted by molar-refractivity contribution is -0.197. The summed E-state index contributed by atoms with van der Waals surface area (Å²) in [5, 5.41) is 13.0. The van der Waals surface area contributed by atoms with Crippen LogP contribution in [0.25, 0.3) is 0 Å². The summed E-state index contributed by atoms with van der Waals surface area (Å²) >= 11 is 3.25. The van der Waals surface area contributed by atoms with Crippen molar-refractivity contribution in [2.75, 3.05) is 14.2 Å². The number of ether oxygens (including phenoxy) is 6. The first-order valence-electron chi connectivity index (χ1n) is 22.9. The fraction of sp³-hybridized carbons (Fsp3) is 0.339. The molecule has 1 aliphatic carbocycles. The van der Waals surface area contributed by atoms with Gasteiger partial charge in [-0.3, -0.25) is 4.79 Å². The van der Waals surface area contributed by atoms with Gasteiger partial charge in [0.25, 0.3) is 0 Å². The van der Waals surface area contributed by atoms with Gasteiger partial charge in [0.15, 0.2) is 23.0 Å². The standard InChI is InChI=1S/C56H60O8S2/c1-37(2)45-29-26-38(3)32-48(45)63-55-52(51(54(58)64-55)53(57)41-27-30-46(59-4)49(33-41)61-35-39-18-10-6-11-19-39)56(65-43-22-14-8-15-23-43,66-44-24-16-9-17-25-44)42-28-31-47(60-5)50(34-42)62-36-40-20-12-7-13-21-40/h6-25,27-28,30-31,33-34,37-38,45,48,51-53,55,57H,26,29,32,35-36H2,1-5H3/t38-,45+,48-,51+,52-,53+,55-/m1/s1. The van der Waals surface area contributed by atoms with E-state index in [2.05, 4.69) is 45.0 Å². The predicted octanol–water partition coefficient (Wildman–Crippen LogP) is 12.9. The minimum atomic E-state index is -1.34. The van der Waals surface area contributed by atoms with Gasteiger partial charge < -0.3 is 33.5 Å². The first kappa shape index (κ1) is 47.1. The number of aliphatic hydroxyl groups is 1. The minimum Gasteiger partial charge on any atom is -0.493 e. The SMILES string of the molecule is COc1ccc([C@H](O)[C@H]2C(=O)O[C@@H](O[C@@H]3C[C@H](C)CC[C@H]3C(C)C)[C@@H]2C(Sc2ccccc2)(Sc2ccccc2)c2ccc(OC)c(OCc3ccccc3)c2)cc1OCc1ccccc1. The number of methoxy groups -OCH3 is 2. The van der Waals surface area contributed by atoms with E-state index in [1.165, 1.54) is 0 Å². The molecule has 1 heterocycles. The van der Waals surface area contributed by atoms with Crippen LogP contribution in [0.2, 0.25) is 0 Å². The first-order valence-corrected chi connectivity index (χ1v) is 24.5. The van der Waals surface area contributed by atoms with Crippen molar-refractivity contribution >= 4 is 29.5 Å². The van der Waals surface area contributed by atoms with E-state index in [4.69, 9.17) is 28.4 Å². The molecule has 1 saturated heterocycles. The summed E-state index contributed by atoms with van der Waals surface area (Å²) in [5.41, 5.74) is 3.31. The van der Waals surface area contributed by atoms with Crippen molar-refractivity contribution in [1.82, 2.24) is 0 Å². The van der Waals surface area contributed by atoms with E-state index < -0.39 is 34.3 Å². The van der Waals surface area contributed by atoms with Crippen molar-refractivity contribution in [2.24, 2.45) is 29.6 Å². The highest BCUT2D eigenvalue weighted by atomic mass is 32.2. The number of hydrogen-bond acceptors (Lipinski definition) is 10. The lowest BCUT2D eigenvalue weighted by Crippen LogP contribution is -2.45. The summed E-state index contributed by atoms with van der Waals surface area (Å²) in [5.74, 6) is 0.680. The van der Waals surface area contributed by atoms with Gasteiger partial charge in [0.2, 0.25) is 6.29 Å². The average Bonchev–Trinajstić information content (AvgIpc) is 3.68. The number of benzene rings is 6.